The Labute approximate surface area is 124 Å². The summed E-state index contributed by atoms with van der Waals surface area (Å²) in [6, 6.07) is 0. The minimum Gasteiger partial charge on any atom is -0.269 e. The molecular weight excluding hydrogens is 284 g/mol. The van der Waals surface area contributed by atoms with Crippen molar-refractivity contribution in [2.24, 2.45) is 0 Å². The van der Waals surface area contributed by atoms with Crippen LogP contribution in [0.15, 0.2) is 0 Å². The van der Waals surface area contributed by atoms with Crippen molar-refractivity contribution in [3.63, 3.8) is 0 Å². The molecule has 0 heterocycles. The molecule has 0 aromatic rings. The second kappa shape index (κ2) is 8.93. The van der Waals surface area contributed by atoms with Gasteiger partial charge in [-0.05, 0) is 58.0 Å². The molecule has 0 bridgehead atoms. The van der Waals surface area contributed by atoms with E-state index >= 15 is 0 Å². The van der Waals surface area contributed by atoms with E-state index in [0.29, 0.717) is 0 Å². The lowest BCUT2D eigenvalue weighted by Crippen LogP contribution is -2.21. The van der Waals surface area contributed by atoms with Gasteiger partial charge < -0.3 is 0 Å². The molecule has 0 saturated heterocycles. The lowest BCUT2D eigenvalue weighted by molar-refractivity contribution is -0.514. The summed E-state index contributed by atoms with van der Waals surface area (Å²) in [6.07, 6.45) is 0.168. The second-order valence-corrected chi connectivity index (χ2v) is 6.29. The third-order valence-corrected chi connectivity index (χ3v) is 1.58. The Morgan fingerprint density at radius 2 is 1.05 bits per heavy atom. The first kappa shape index (κ1) is 19.8. The Balaban J connectivity index is 3.60. The van der Waals surface area contributed by atoms with Gasteiger partial charge in [0, 0.05) is 12.8 Å². The SMILES string of the molecule is CC(C)(C)OOOC(=O)CCCC(=O)OOOC(C)(C)C. The van der Waals surface area contributed by atoms with Gasteiger partial charge in [-0.15, -0.1) is 0 Å². The van der Waals surface area contributed by atoms with Crippen LogP contribution in [0, 0.1) is 0 Å². The van der Waals surface area contributed by atoms with Crippen LogP contribution in [0.3, 0.4) is 0 Å². The monoisotopic (exact) mass is 308 g/mol. The molecule has 21 heavy (non-hydrogen) atoms. The molecule has 0 aromatic carbocycles. The molecule has 124 valence electrons. The van der Waals surface area contributed by atoms with Crippen LogP contribution in [-0.4, -0.2) is 23.1 Å². The zero-order valence-electron chi connectivity index (χ0n) is 13.4. The van der Waals surface area contributed by atoms with E-state index in [9.17, 15) is 9.59 Å². The average molecular weight is 308 g/mol. The van der Waals surface area contributed by atoms with Gasteiger partial charge in [0.15, 0.2) is 0 Å². The molecule has 0 aliphatic heterocycles. The Morgan fingerprint density at radius 3 is 1.33 bits per heavy atom. The highest BCUT2D eigenvalue weighted by Gasteiger charge is 2.16. The van der Waals surface area contributed by atoms with Crippen LogP contribution in [0.2, 0.25) is 0 Å². The van der Waals surface area contributed by atoms with Crippen LogP contribution >= 0.6 is 0 Å². The third kappa shape index (κ3) is 15.0. The topological polar surface area (TPSA) is 89.5 Å². The number of rotatable bonds is 8. The number of hydrogen-bond acceptors (Lipinski definition) is 8. The summed E-state index contributed by atoms with van der Waals surface area (Å²) < 4.78 is 0. The zero-order chi connectivity index (χ0) is 16.5. The molecule has 0 spiro atoms. The maximum Gasteiger partial charge on any atom is 0.345 e. The Kier molecular flexibility index (Phi) is 8.41. The molecular formula is C13H24O8. The Hall–Kier alpha value is -1.22. The Morgan fingerprint density at radius 1 is 0.714 bits per heavy atom. The summed E-state index contributed by atoms with van der Waals surface area (Å²) in [6.45, 7) is 10.4. The molecule has 0 saturated carbocycles. The molecule has 0 atom stereocenters. The predicted molar refractivity (Wildman–Crippen MR) is 69.9 cm³/mol. The van der Waals surface area contributed by atoms with Crippen LogP contribution in [0.4, 0.5) is 0 Å². The van der Waals surface area contributed by atoms with Crippen molar-refractivity contribution >= 4 is 11.9 Å². The number of hydrogen-bond donors (Lipinski definition) is 0. The molecule has 0 amide bonds. The fraction of sp³-hybridized carbons (Fsp3) is 0.846. The number of carbonyl (C=O) groups excluding carboxylic acids is 2. The zero-order valence-corrected chi connectivity index (χ0v) is 13.4. The third-order valence-electron chi connectivity index (χ3n) is 1.58. The van der Waals surface area contributed by atoms with E-state index in [1.807, 2.05) is 0 Å². The van der Waals surface area contributed by atoms with Crippen molar-refractivity contribution in [3.8, 4) is 0 Å². The van der Waals surface area contributed by atoms with E-state index in [2.05, 4.69) is 19.9 Å². The standard InChI is InChI=1S/C13H24O8/c1-12(2,3)18-20-16-10(14)8-7-9-11(15)17-21-19-13(4,5)6/h7-9H2,1-6H3. The van der Waals surface area contributed by atoms with Gasteiger partial charge in [-0.25, -0.2) is 9.59 Å². The molecule has 0 aromatic heterocycles. The lowest BCUT2D eigenvalue weighted by atomic mass is 10.2. The number of carbonyl (C=O) groups is 2. The van der Waals surface area contributed by atoms with Crippen LogP contribution in [0.1, 0.15) is 60.8 Å². The summed E-state index contributed by atoms with van der Waals surface area (Å²) in [4.78, 5) is 40.6. The van der Waals surface area contributed by atoms with Gasteiger partial charge in [0.25, 0.3) is 0 Å². The summed E-state index contributed by atoms with van der Waals surface area (Å²) in [5.41, 5.74) is -1.18. The largest absolute Gasteiger partial charge is 0.345 e. The highest BCUT2D eigenvalue weighted by Crippen LogP contribution is 2.09. The summed E-state index contributed by atoms with van der Waals surface area (Å²) in [5.74, 6) is -1.31. The van der Waals surface area contributed by atoms with Crippen molar-refractivity contribution < 1.29 is 39.2 Å². The van der Waals surface area contributed by atoms with E-state index in [0.717, 1.165) is 0 Å². The van der Waals surface area contributed by atoms with Gasteiger partial charge in [0.1, 0.15) is 0 Å². The first-order chi connectivity index (χ1) is 9.49. The molecule has 0 N–H and O–H groups in total. The second-order valence-electron chi connectivity index (χ2n) is 6.29. The van der Waals surface area contributed by atoms with E-state index in [-0.39, 0.29) is 19.3 Å². The minimum atomic E-state index is -0.654. The van der Waals surface area contributed by atoms with Gasteiger partial charge in [0.2, 0.25) is 0 Å². The molecule has 0 radical (unpaired) electrons. The van der Waals surface area contributed by atoms with Gasteiger partial charge in [-0.1, -0.05) is 0 Å². The fourth-order valence-electron chi connectivity index (χ4n) is 0.774. The molecule has 0 fully saturated rings. The van der Waals surface area contributed by atoms with Gasteiger partial charge in [0.05, 0.1) is 11.2 Å². The van der Waals surface area contributed by atoms with E-state index in [4.69, 9.17) is 9.78 Å². The maximum atomic E-state index is 11.2. The first-order valence-electron chi connectivity index (χ1n) is 6.60. The average Bonchev–Trinajstić information content (AvgIpc) is 2.25. The van der Waals surface area contributed by atoms with E-state index < -0.39 is 23.1 Å². The predicted octanol–water partition coefficient (Wildman–Crippen LogP) is 2.57. The van der Waals surface area contributed by atoms with E-state index in [1.54, 1.807) is 41.5 Å². The molecule has 8 nitrogen and oxygen atoms in total. The lowest BCUT2D eigenvalue weighted by Gasteiger charge is -2.15. The summed E-state index contributed by atoms with van der Waals surface area (Å²) >= 11 is 0. The van der Waals surface area contributed by atoms with Gasteiger partial charge in [-0.2, -0.15) is 9.78 Å². The molecule has 0 rings (SSSR count). The van der Waals surface area contributed by atoms with Crippen LogP contribution < -0.4 is 0 Å². The molecule has 0 aliphatic carbocycles. The molecule has 8 heteroatoms. The van der Waals surface area contributed by atoms with Crippen molar-refractivity contribution in [2.45, 2.75) is 72.0 Å². The van der Waals surface area contributed by atoms with Crippen molar-refractivity contribution in [1.82, 2.24) is 0 Å². The molecule has 0 aliphatic rings. The Bertz CT molecular complexity index is 294. The van der Waals surface area contributed by atoms with Gasteiger partial charge >= 0.3 is 11.9 Å². The minimum absolute atomic E-state index is 0.0251. The summed E-state index contributed by atoms with van der Waals surface area (Å²) in [5, 5.41) is 8.62. The quantitative estimate of drug-likeness (QED) is 0.499. The van der Waals surface area contributed by atoms with Crippen molar-refractivity contribution in [3.05, 3.63) is 0 Å². The first-order valence-corrected chi connectivity index (χ1v) is 6.60. The highest BCUT2D eigenvalue weighted by molar-refractivity contribution is 5.71. The van der Waals surface area contributed by atoms with E-state index in [1.165, 1.54) is 0 Å². The van der Waals surface area contributed by atoms with Crippen molar-refractivity contribution in [2.75, 3.05) is 0 Å². The smallest absolute Gasteiger partial charge is 0.269 e. The van der Waals surface area contributed by atoms with Crippen LogP contribution in [-0.2, 0) is 39.2 Å². The van der Waals surface area contributed by atoms with Crippen LogP contribution in [0.25, 0.3) is 0 Å². The van der Waals surface area contributed by atoms with Crippen molar-refractivity contribution in [1.29, 1.82) is 0 Å². The normalized spacial score (nSPS) is 12.1. The summed E-state index contributed by atoms with van der Waals surface area (Å²) in [7, 11) is 0. The molecule has 0 unspecified atom stereocenters. The van der Waals surface area contributed by atoms with Gasteiger partial charge in [-0.3, -0.25) is 9.78 Å². The maximum absolute atomic E-state index is 11.2. The van der Waals surface area contributed by atoms with Crippen LogP contribution in [0.5, 0.6) is 0 Å². The highest BCUT2D eigenvalue weighted by atomic mass is 17.5. The fourth-order valence-corrected chi connectivity index (χ4v) is 0.774.